The molecule has 1 amide bonds. The molecular weight excluding hydrogens is 328 g/mol. The van der Waals surface area contributed by atoms with Crippen LogP contribution in [0.2, 0.25) is 0 Å². The van der Waals surface area contributed by atoms with Crippen LogP contribution in [0, 0.1) is 0 Å². The number of rotatable bonds is 3. The van der Waals surface area contributed by atoms with Crippen molar-refractivity contribution in [2.24, 2.45) is 0 Å². The van der Waals surface area contributed by atoms with Crippen molar-refractivity contribution in [3.63, 3.8) is 0 Å². The van der Waals surface area contributed by atoms with Crippen molar-refractivity contribution in [3.05, 3.63) is 48.5 Å². The molecule has 0 bridgehead atoms. The van der Waals surface area contributed by atoms with Crippen molar-refractivity contribution in [2.45, 2.75) is 18.9 Å². The Balaban J connectivity index is 1.27. The quantitative estimate of drug-likeness (QED) is 0.830. The number of pyridine rings is 1. The number of piperidine rings is 1. The first-order chi connectivity index (χ1) is 12.8. The van der Waals surface area contributed by atoms with Crippen molar-refractivity contribution >= 4 is 11.9 Å². The van der Waals surface area contributed by atoms with Gasteiger partial charge in [0.2, 0.25) is 5.95 Å². The van der Waals surface area contributed by atoms with Gasteiger partial charge in [-0.1, -0.05) is 0 Å². The van der Waals surface area contributed by atoms with Crippen LogP contribution < -0.4 is 4.90 Å². The molecule has 0 spiro atoms. The largest absolute Gasteiger partial charge is 0.338 e. The molecule has 0 atom stereocenters. The SMILES string of the molecule is O=C(c1cccnc1)N1CCC(N2CCN(c3ncccn3)CC2)CC1. The lowest BCUT2D eigenvalue weighted by atomic mass is 10.0. The lowest BCUT2D eigenvalue weighted by molar-refractivity contribution is 0.0610. The molecule has 2 aromatic rings. The highest BCUT2D eigenvalue weighted by Gasteiger charge is 2.29. The van der Waals surface area contributed by atoms with Gasteiger partial charge in [0.15, 0.2) is 0 Å². The third-order valence-corrected chi connectivity index (χ3v) is 5.33. The molecule has 26 heavy (non-hydrogen) atoms. The van der Waals surface area contributed by atoms with Crippen molar-refractivity contribution in [3.8, 4) is 0 Å². The fourth-order valence-electron chi connectivity index (χ4n) is 3.85. The van der Waals surface area contributed by atoms with Crippen molar-refractivity contribution in [1.82, 2.24) is 24.8 Å². The second-order valence-corrected chi connectivity index (χ2v) is 6.84. The molecular formula is C19H24N6O. The first kappa shape index (κ1) is 16.9. The lowest BCUT2D eigenvalue weighted by Crippen LogP contribution is -2.54. The zero-order valence-electron chi connectivity index (χ0n) is 14.9. The number of likely N-dealkylation sites (tertiary alicyclic amines) is 1. The highest BCUT2D eigenvalue weighted by atomic mass is 16.2. The second-order valence-electron chi connectivity index (χ2n) is 6.84. The first-order valence-electron chi connectivity index (χ1n) is 9.26. The summed E-state index contributed by atoms with van der Waals surface area (Å²) in [5.41, 5.74) is 0.683. The van der Waals surface area contributed by atoms with Gasteiger partial charge in [-0.25, -0.2) is 9.97 Å². The molecule has 2 saturated heterocycles. The van der Waals surface area contributed by atoms with Crippen LogP contribution in [0.25, 0.3) is 0 Å². The molecule has 136 valence electrons. The summed E-state index contributed by atoms with van der Waals surface area (Å²) in [5, 5.41) is 0. The molecule has 7 nitrogen and oxygen atoms in total. The van der Waals surface area contributed by atoms with E-state index in [1.807, 2.05) is 23.1 Å². The Labute approximate surface area is 153 Å². The Hall–Kier alpha value is -2.54. The number of carbonyl (C=O) groups is 1. The molecule has 4 heterocycles. The van der Waals surface area contributed by atoms with Crippen LogP contribution in [0.1, 0.15) is 23.2 Å². The summed E-state index contributed by atoms with van der Waals surface area (Å²) < 4.78 is 0. The average Bonchev–Trinajstić information content (AvgIpc) is 2.75. The third kappa shape index (κ3) is 3.67. The highest BCUT2D eigenvalue weighted by Crippen LogP contribution is 2.20. The summed E-state index contributed by atoms with van der Waals surface area (Å²) in [5.74, 6) is 0.923. The number of nitrogens with zero attached hydrogens (tertiary/aromatic N) is 6. The Morgan fingerprint density at radius 2 is 1.65 bits per heavy atom. The number of hydrogen-bond donors (Lipinski definition) is 0. The molecule has 4 rings (SSSR count). The summed E-state index contributed by atoms with van der Waals surface area (Å²) in [6.45, 7) is 5.61. The van der Waals surface area contributed by atoms with E-state index in [2.05, 4.69) is 24.8 Å². The average molecular weight is 352 g/mol. The maximum Gasteiger partial charge on any atom is 0.255 e. The Morgan fingerprint density at radius 1 is 0.923 bits per heavy atom. The van der Waals surface area contributed by atoms with E-state index in [0.29, 0.717) is 11.6 Å². The molecule has 0 saturated carbocycles. The number of hydrogen-bond acceptors (Lipinski definition) is 6. The molecule has 0 radical (unpaired) electrons. The Bertz CT molecular complexity index is 709. The van der Waals surface area contributed by atoms with Crippen molar-refractivity contribution in [2.75, 3.05) is 44.2 Å². The number of piperazine rings is 1. The monoisotopic (exact) mass is 352 g/mol. The molecule has 0 aliphatic carbocycles. The van der Waals surface area contributed by atoms with Crippen LogP contribution in [0.15, 0.2) is 43.0 Å². The summed E-state index contributed by atoms with van der Waals surface area (Å²) in [6, 6.07) is 6.06. The van der Waals surface area contributed by atoms with E-state index in [1.165, 1.54) is 0 Å². The van der Waals surface area contributed by atoms with E-state index in [1.54, 1.807) is 24.8 Å². The highest BCUT2D eigenvalue weighted by molar-refractivity contribution is 5.93. The van der Waals surface area contributed by atoms with E-state index in [4.69, 9.17) is 0 Å². The smallest absolute Gasteiger partial charge is 0.255 e. The van der Waals surface area contributed by atoms with Crippen LogP contribution >= 0.6 is 0 Å². The third-order valence-electron chi connectivity index (χ3n) is 5.33. The van der Waals surface area contributed by atoms with E-state index < -0.39 is 0 Å². The number of amides is 1. The molecule has 0 N–H and O–H groups in total. The Kier molecular flexibility index (Phi) is 5.06. The second kappa shape index (κ2) is 7.78. The number of carbonyl (C=O) groups excluding carboxylic acids is 1. The minimum absolute atomic E-state index is 0.0996. The summed E-state index contributed by atoms with van der Waals surface area (Å²) >= 11 is 0. The van der Waals surface area contributed by atoms with Gasteiger partial charge in [0.25, 0.3) is 5.91 Å². The molecule has 2 aliphatic heterocycles. The number of anilines is 1. The van der Waals surface area contributed by atoms with Crippen LogP contribution in [0.3, 0.4) is 0 Å². The van der Waals surface area contributed by atoms with Gasteiger partial charge in [0, 0.05) is 70.1 Å². The zero-order chi connectivity index (χ0) is 17.8. The van der Waals surface area contributed by atoms with E-state index in [-0.39, 0.29) is 5.91 Å². The minimum Gasteiger partial charge on any atom is -0.338 e. The van der Waals surface area contributed by atoms with Gasteiger partial charge >= 0.3 is 0 Å². The van der Waals surface area contributed by atoms with Crippen molar-refractivity contribution in [1.29, 1.82) is 0 Å². The zero-order valence-corrected chi connectivity index (χ0v) is 14.9. The maximum atomic E-state index is 12.5. The predicted molar refractivity (Wildman–Crippen MR) is 99.0 cm³/mol. The lowest BCUT2D eigenvalue weighted by Gasteiger charge is -2.42. The molecule has 7 heteroatoms. The van der Waals surface area contributed by atoms with Gasteiger partial charge < -0.3 is 9.80 Å². The predicted octanol–water partition coefficient (Wildman–Crippen LogP) is 1.30. The molecule has 2 fully saturated rings. The van der Waals surface area contributed by atoms with E-state index >= 15 is 0 Å². The summed E-state index contributed by atoms with van der Waals surface area (Å²) in [4.78, 5) is 32.0. The van der Waals surface area contributed by atoms with Gasteiger partial charge in [-0.2, -0.15) is 0 Å². The van der Waals surface area contributed by atoms with E-state index in [0.717, 1.165) is 58.1 Å². The summed E-state index contributed by atoms with van der Waals surface area (Å²) in [7, 11) is 0. The topological polar surface area (TPSA) is 65.5 Å². The van der Waals surface area contributed by atoms with Crippen LogP contribution in [-0.4, -0.2) is 76.0 Å². The standard InChI is InChI=1S/C19H24N6O/c26-18(16-3-1-6-20-15-16)24-9-4-17(5-10-24)23-11-13-25(14-12-23)19-21-7-2-8-22-19/h1-3,6-8,15,17H,4-5,9-14H2. The molecule has 0 aromatic carbocycles. The molecule has 0 unspecified atom stereocenters. The van der Waals surface area contributed by atoms with Crippen molar-refractivity contribution < 1.29 is 4.79 Å². The van der Waals surface area contributed by atoms with Gasteiger partial charge in [0.1, 0.15) is 0 Å². The normalized spacial score (nSPS) is 19.5. The molecule has 2 aliphatic rings. The molecule has 2 aromatic heterocycles. The van der Waals surface area contributed by atoms with Gasteiger partial charge in [-0.15, -0.1) is 0 Å². The number of aromatic nitrogens is 3. The Morgan fingerprint density at radius 3 is 2.31 bits per heavy atom. The fraction of sp³-hybridized carbons (Fsp3) is 0.474. The van der Waals surface area contributed by atoms with Crippen LogP contribution in [0.4, 0.5) is 5.95 Å². The minimum atomic E-state index is 0.0996. The first-order valence-corrected chi connectivity index (χ1v) is 9.26. The van der Waals surface area contributed by atoms with E-state index in [9.17, 15) is 4.79 Å². The van der Waals surface area contributed by atoms with Crippen LogP contribution in [-0.2, 0) is 0 Å². The van der Waals surface area contributed by atoms with Gasteiger partial charge in [0.05, 0.1) is 5.56 Å². The van der Waals surface area contributed by atoms with Gasteiger partial charge in [-0.05, 0) is 31.0 Å². The maximum absolute atomic E-state index is 12.5. The fourth-order valence-corrected chi connectivity index (χ4v) is 3.85. The van der Waals surface area contributed by atoms with Crippen LogP contribution in [0.5, 0.6) is 0 Å². The summed E-state index contributed by atoms with van der Waals surface area (Å²) in [6.07, 6.45) is 9.01. The van der Waals surface area contributed by atoms with Gasteiger partial charge in [-0.3, -0.25) is 14.7 Å².